The lowest BCUT2D eigenvalue weighted by Gasteiger charge is -2.19. The first-order chi connectivity index (χ1) is 11.2. The fraction of sp³-hybridized carbons (Fsp3) is 0.263. The number of hydrogen-bond acceptors (Lipinski definition) is 3. The Bertz CT molecular complexity index is 871. The van der Waals surface area contributed by atoms with Crippen molar-refractivity contribution in [2.45, 2.75) is 6.42 Å². The summed E-state index contributed by atoms with van der Waals surface area (Å²) >= 11 is 0. The lowest BCUT2D eigenvalue weighted by Crippen LogP contribution is -2.33. The number of fused-ring (bicyclic) bond motifs is 6. The Kier molecular flexibility index (Phi) is 2.36. The van der Waals surface area contributed by atoms with Gasteiger partial charge in [-0.3, -0.25) is 9.59 Å². The number of carbonyl (C=O) groups is 2. The van der Waals surface area contributed by atoms with E-state index in [2.05, 4.69) is 12.2 Å². The first-order valence-electron chi connectivity index (χ1n) is 7.93. The highest BCUT2D eigenvalue weighted by molar-refractivity contribution is 6.25. The predicted molar refractivity (Wildman–Crippen MR) is 85.8 cm³/mol. The number of phenols is 1. The van der Waals surface area contributed by atoms with E-state index in [0.717, 1.165) is 11.8 Å². The van der Waals surface area contributed by atoms with Crippen LogP contribution >= 0.6 is 0 Å². The van der Waals surface area contributed by atoms with Crippen LogP contribution in [0.5, 0.6) is 5.75 Å². The van der Waals surface area contributed by atoms with Crippen molar-refractivity contribution in [2.75, 3.05) is 4.90 Å². The van der Waals surface area contributed by atoms with E-state index in [1.807, 2.05) is 18.2 Å². The molecule has 2 aromatic carbocycles. The van der Waals surface area contributed by atoms with E-state index in [9.17, 15) is 14.7 Å². The van der Waals surface area contributed by atoms with Gasteiger partial charge in [0.25, 0.3) is 0 Å². The third-order valence-corrected chi connectivity index (χ3v) is 5.59. The minimum absolute atomic E-state index is 0.0901. The summed E-state index contributed by atoms with van der Waals surface area (Å²) in [5.74, 6) is -0.0226. The minimum Gasteiger partial charge on any atom is -0.507 e. The number of imide groups is 1. The van der Waals surface area contributed by atoms with Gasteiger partial charge in [0.2, 0.25) is 11.8 Å². The molecule has 2 aliphatic carbocycles. The standard InChI is InChI=1S/C19H15NO3/c21-15-8-7-14(12-3-1-2-4-13(12)15)20-18(22)16-10-5-6-11(9-10)17(16)19(20)23/h1-8,10-11,16-17,21H,9H2/t10-,11+,16-,17+. The number of hydrogen-bond donors (Lipinski definition) is 1. The molecule has 23 heavy (non-hydrogen) atoms. The average Bonchev–Trinajstić information content (AvgIpc) is 3.24. The number of allylic oxidation sites excluding steroid dienone is 2. The maximum atomic E-state index is 12.9. The molecule has 1 heterocycles. The summed E-state index contributed by atoms with van der Waals surface area (Å²) in [6, 6.07) is 10.5. The fourth-order valence-corrected chi connectivity index (χ4v) is 4.60. The summed E-state index contributed by atoms with van der Waals surface area (Å²) in [6.45, 7) is 0. The number of aromatic hydroxyl groups is 1. The van der Waals surface area contributed by atoms with Crippen molar-refractivity contribution in [2.24, 2.45) is 23.7 Å². The number of phenolic OH excluding ortho intramolecular Hbond substituents is 1. The second-order valence-corrected chi connectivity index (χ2v) is 6.66. The zero-order chi connectivity index (χ0) is 15.7. The highest BCUT2D eigenvalue weighted by Crippen LogP contribution is 2.53. The van der Waals surface area contributed by atoms with Crippen LogP contribution in [0.4, 0.5) is 5.69 Å². The van der Waals surface area contributed by atoms with Crippen LogP contribution in [-0.2, 0) is 9.59 Å². The zero-order valence-electron chi connectivity index (χ0n) is 12.3. The first kappa shape index (κ1) is 12.9. The average molecular weight is 305 g/mol. The smallest absolute Gasteiger partial charge is 0.238 e. The van der Waals surface area contributed by atoms with Crippen molar-refractivity contribution in [3.63, 3.8) is 0 Å². The number of benzene rings is 2. The predicted octanol–water partition coefficient (Wildman–Crippen LogP) is 2.86. The normalized spacial score (nSPS) is 31.4. The second-order valence-electron chi connectivity index (χ2n) is 6.66. The quantitative estimate of drug-likeness (QED) is 0.651. The van der Waals surface area contributed by atoms with Crippen LogP contribution in [0.3, 0.4) is 0 Å². The van der Waals surface area contributed by atoms with Gasteiger partial charge in [0.15, 0.2) is 0 Å². The number of carbonyl (C=O) groups excluding carboxylic acids is 2. The third-order valence-electron chi connectivity index (χ3n) is 5.59. The lowest BCUT2D eigenvalue weighted by molar-refractivity contribution is -0.123. The molecule has 0 unspecified atom stereocenters. The molecule has 4 atom stereocenters. The van der Waals surface area contributed by atoms with Crippen molar-refractivity contribution in [1.29, 1.82) is 0 Å². The van der Waals surface area contributed by atoms with Gasteiger partial charge in [0.05, 0.1) is 17.5 Å². The van der Waals surface area contributed by atoms with Gasteiger partial charge in [-0.1, -0.05) is 36.4 Å². The van der Waals surface area contributed by atoms with Crippen molar-refractivity contribution in [1.82, 2.24) is 0 Å². The van der Waals surface area contributed by atoms with E-state index in [1.165, 1.54) is 4.90 Å². The van der Waals surface area contributed by atoms with E-state index < -0.39 is 0 Å². The minimum atomic E-state index is -0.204. The topological polar surface area (TPSA) is 57.6 Å². The van der Waals surface area contributed by atoms with E-state index in [1.54, 1.807) is 18.2 Å². The van der Waals surface area contributed by atoms with Gasteiger partial charge in [0.1, 0.15) is 5.75 Å². The molecule has 4 heteroatoms. The van der Waals surface area contributed by atoms with Crippen LogP contribution in [0.15, 0.2) is 48.6 Å². The molecule has 1 saturated carbocycles. The highest BCUT2D eigenvalue weighted by Gasteiger charge is 2.59. The van der Waals surface area contributed by atoms with Gasteiger partial charge in [0, 0.05) is 10.8 Å². The number of anilines is 1. The van der Waals surface area contributed by atoms with Crippen LogP contribution in [0.2, 0.25) is 0 Å². The highest BCUT2D eigenvalue weighted by atomic mass is 16.3. The van der Waals surface area contributed by atoms with Crippen LogP contribution in [0, 0.1) is 23.7 Å². The van der Waals surface area contributed by atoms with E-state index in [4.69, 9.17) is 0 Å². The Morgan fingerprint density at radius 2 is 1.48 bits per heavy atom. The second kappa shape index (κ2) is 4.22. The molecule has 2 amide bonds. The Balaban J connectivity index is 1.68. The van der Waals surface area contributed by atoms with Crippen LogP contribution < -0.4 is 4.90 Å². The molecular weight excluding hydrogens is 290 g/mol. The van der Waals surface area contributed by atoms with E-state index in [0.29, 0.717) is 11.1 Å². The molecule has 0 radical (unpaired) electrons. The van der Waals surface area contributed by atoms with Crippen LogP contribution in [-0.4, -0.2) is 16.9 Å². The maximum absolute atomic E-state index is 12.9. The summed E-state index contributed by atoms with van der Waals surface area (Å²) in [4.78, 5) is 27.2. The summed E-state index contributed by atoms with van der Waals surface area (Å²) in [6.07, 6.45) is 5.11. The Hall–Kier alpha value is -2.62. The molecule has 4 nitrogen and oxygen atoms in total. The van der Waals surface area contributed by atoms with Crippen LogP contribution in [0.1, 0.15) is 6.42 Å². The lowest BCUT2D eigenvalue weighted by atomic mass is 9.85. The van der Waals surface area contributed by atoms with Gasteiger partial charge in [-0.15, -0.1) is 0 Å². The van der Waals surface area contributed by atoms with Gasteiger partial charge in [-0.05, 0) is 30.4 Å². The summed E-state index contributed by atoms with van der Waals surface area (Å²) in [5.41, 5.74) is 0.585. The number of rotatable bonds is 1. The maximum Gasteiger partial charge on any atom is 0.238 e. The van der Waals surface area contributed by atoms with E-state index in [-0.39, 0.29) is 41.2 Å². The molecule has 3 aliphatic rings. The molecule has 0 spiro atoms. The molecule has 2 bridgehead atoms. The SMILES string of the molecule is O=C1[C@@H]2[C@H](C(=O)N1c1ccc(O)c3ccccc13)[C@@H]1C=C[C@H]2C1. The number of amides is 2. The molecule has 1 aliphatic heterocycles. The van der Waals surface area contributed by atoms with Crippen molar-refractivity contribution in [3.8, 4) is 5.75 Å². The molecule has 1 N–H and O–H groups in total. The Morgan fingerprint density at radius 1 is 0.870 bits per heavy atom. The van der Waals surface area contributed by atoms with Crippen molar-refractivity contribution >= 4 is 28.3 Å². The molecule has 0 aromatic heterocycles. The van der Waals surface area contributed by atoms with Gasteiger partial charge in [-0.2, -0.15) is 0 Å². The van der Waals surface area contributed by atoms with Crippen LogP contribution in [0.25, 0.3) is 10.8 Å². The van der Waals surface area contributed by atoms with Gasteiger partial charge >= 0.3 is 0 Å². The molecule has 1 saturated heterocycles. The number of nitrogens with zero attached hydrogens (tertiary/aromatic N) is 1. The Labute approximate surface area is 133 Å². The zero-order valence-corrected chi connectivity index (χ0v) is 12.3. The van der Waals surface area contributed by atoms with E-state index >= 15 is 0 Å². The van der Waals surface area contributed by atoms with Crippen molar-refractivity contribution < 1.29 is 14.7 Å². The molecule has 114 valence electrons. The molecule has 2 fully saturated rings. The monoisotopic (exact) mass is 305 g/mol. The fourth-order valence-electron chi connectivity index (χ4n) is 4.60. The van der Waals surface area contributed by atoms with Crippen molar-refractivity contribution in [3.05, 3.63) is 48.6 Å². The molecular formula is C19H15NO3. The Morgan fingerprint density at radius 3 is 2.13 bits per heavy atom. The largest absolute Gasteiger partial charge is 0.507 e. The first-order valence-corrected chi connectivity index (χ1v) is 7.93. The summed E-state index contributed by atoms with van der Waals surface area (Å²) in [7, 11) is 0. The summed E-state index contributed by atoms with van der Waals surface area (Å²) < 4.78 is 0. The summed E-state index contributed by atoms with van der Waals surface area (Å²) in [5, 5.41) is 11.4. The van der Waals surface area contributed by atoms with Gasteiger partial charge < -0.3 is 5.11 Å². The third kappa shape index (κ3) is 1.50. The van der Waals surface area contributed by atoms with Gasteiger partial charge in [-0.25, -0.2) is 4.90 Å². The molecule has 2 aromatic rings. The molecule has 5 rings (SSSR count).